The first-order chi connectivity index (χ1) is 19.8. The molecule has 40 heavy (non-hydrogen) atoms. The lowest BCUT2D eigenvalue weighted by Gasteiger charge is -2.38. The van der Waals surface area contributed by atoms with Gasteiger partial charge < -0.3 is 4.57 Å². The van der Waals surface area contributed by atoms with E-state index in [4.69, 9.17) is 4.98 Å². The van der Waals surface area contributed by atoms with Crippen molar-refractivity contribution in [2.45, 2.75) is 5.54 Å². The number of benzene rings is 6. The number of aldehydes is 1. The molecule has 0 aliphatic heterocycles. The Morgan fingerprint density at radius 2 is 1.12 bits per heavy atom. The van der Waals surface area contributed by atoms with Gasteiger partial charge in [-0.05, 0) is 50.7 Å². The van der Waals surface area contributed by atoms with Crippen molar-refractivity contribution in [1.82, 2.24) is 9.55 Å². The van der Waals surface area contributed by atoms with Crippen LogP contribution in [-0.2, 0) is 5.54 Å². The second-order valence-electron chi connectivity index (χ2n) is 9.99. The van der Waals surface area contributed by atoms with E-state index < -0.39 is 5.54 Å². The molecule has 0 spiro atoms. The summed E-state index contributed by atoms with van der Waals surface area (Å²) in [7, 11) is 0. The van der Waals surface area contributed by atoms with Gasteiger partial charge in [-0.3, -0.25) is 4.79 Å². The van der Waals surface area contributed by atoms with Crippen LogP contribution >= 0.6 is 0 Å². The molecular formula is C37H26N2O. The number of nitrogens with zero attached hydrogens (tertiary/aromatic N) is 2. The third-order valence-electron chi connectivity index (χ3n) is 7.88. The van der Waals surface area contributed by atoms with E-state index >= 15 is 0 Å². The quantitative estimate of drug-likeness (QED) is 0.165. The highest BCUT2D eigenvalue weighted by Gasteiger charge is 2.39. The number of hydrogen-bond acceptors (Lipinski definition) is 2. The number of imidazole rings is 1. The molecule has 0 saturated heterocycles. The number of fused-ring (bicyclic) bond motifs is 2. The Labute approximate surface area is 233 Å². The SMILES string of the molecule is O=Cc1ccc(-c2ccc3ncn(C(c4ccccc4)(c4ccccc4)c4ccccc4)c3c2)c2ccccc12. The van der Waals surface area contributed by atoms with Crippen LogP contribution in [0.25, 0.3) is 32.9 Å². The molecule has 0 bridgehead atoms. The molecule has 0 atom stereocenters. The average Bonchev–Trinajstić information content (AvgIpc) is 3.46. The van der Waals surface area contributed by atoms with Gasteiger partial charge in [0.15, 0.2) is 6.29 Å². The number of hydrogen-bond donors (Lipinski definition) is 0. The van der Waals surface area contributed by atoms with Crippen molar-refractivity contribution < 1.29 is 4.79 Å². The van der Waals surface area contributed by atoms with Crippen LogP contribution in [0.1, 0.15) is 27.0 Å². The molecule has 0 aliphatic carbocycles. The number of carbonyl (C=O) groups excluding carboxylic acids is 1. The van der Waals surface area contributed by atoms with E-state index in [1.807, 2.05) is 36.7 Å². The summed E-state index contributed by atoms with van der Waals surface area (Å²) in [6.07, 6.45) is 2.90. The molecule has 0 radical (unpaired) electrons. The number of aromatic nitrogens is 2. The standard InChI is InChI=1S/C37H26N2O/c40-25-28-20-22-33(34-19-11-10-18-32(28)34)27-21-23-35-36(24-27)39(26-38-35)37(29-12-4-1-5-13-29,30-14-6-2-7-15-30)31-16-8-3-9-17-31/h1-26H. The molecule has 0 fully saturated rings. The highest BCUT2D eigenvalue weighted by molar-refractivity contribution is 6.05. The minimum Gasteiger partial charge on any atom is -0.312 e. The van der Waals surface area contributed by atoms with E-state index in [-0.39, 0.29) is 0 Å². The van der Waals surface area contributed by atoms with Crippen molar-refractivity contribution in [2.24, 2.45) is 0 Å². The number of carbonyl (C=O) groups is 1. The van der Waals surface area contributed by atoms with Gasteiger partial charge >= 0.3 is 0 Å². The van der Waals surface area contributed by atoms with E-state index in [2.05, 4.69) is 120 Å². The summed E-state index contributed by atoms with van der Waals surface area (Å²) < 4.78 is 2.31. The molecule has 0 saturated carbocycles. The molecule has 0 N–H and O–H groups in total. The van der Waals surface area contributed by atoms with Crippen molar-refractivity contribution in [2.75, 3.05) is 0 Å². The first-order valence-corrected chi connectivity index (χ1v) is 13.4. The maximum atomic E-state index is 11.8. The van der Waals surface area contributed by atoms with Crippen molar-refractivity contribution in [3.8, 4) is 11.1 Å². The van der Waals surface area contributed by atoms with Crippen molar-refractivity contribution in [3.05, 3.63) is 174 Å². The molecule has 0 amide bonds. The summed E-state index contributed by atoms with van der Waals surface area (Å²) in [5, 5.41) is 2.01. The fraction of sp³-hybridized carbons (Fsp3) is 0.0270. The van der Waals surface area contributed by atoms with Gasteiger partial charge in [0.05, 0.1) is 17.4 Å². The molecule has 190 valence electrons. The zero-order valence-corrected chi connectivity index (χ0v) is 21.8. The molecule has 3 heteroatoms. The Morgan fingerprint density at radius 1 is 0.575 bits per heavy atom. The van der Waals surface area contributed by atoms with E-state index in [1.54, 1.807) is 0 Å². The number of rotatable bonds is 6. The Morgan fingerprint density at radius 3 is 1.70 bits per heavy atom. The molecule has 6 aromatic carbocycles. The lowest BCUT2D eigenvalue weighted by Crippen LogP contribution is -2.37. The van der Waals surface area contributed by atoms with Crippen molar-refractivity contribution in [3.63, 3.8) is 0 Å². The summed E-state index contributed by atoms with van der Waals surface area (Å²) >= 11 is 0. The van der Waals surface area contributed by atoms with Crippen LogP contribution < -0.4 is 0 Å². The van der Waals surface area contributed by atoms with Crippen molar-refractivity contribution in [1.29, 1.82) is 0 Å². The highest BCUT2D eigenvalue weighted by Crippen LogP contribution is 2.43. The Hall–Kier alpha value is -5.28. The van der Waals surface area contributed by atoms with Gasteiger partial charge in [-0.2, -0.15) is 0 Å². The largest absolute Gasteiger partial charge is 0.312 e. The zero-order chi connectivity index (χ0) is 26.9. The fourth-order valence-electron chi connectivity index (χ4n) is 6.07. The van der Waals surface area contributed by atoms with Crippen LogP contribution in [0.3, 0.4) is 0 Å². The summed E-state index contributed by atoms with van der Waals surface area (Å²) in [5.74, 6) is 0. The van der Waals surface area contributed by atoms with Crippen LogP contribution in [0.5, 0.6) is 0 Å². The average molecular weight is 515 g/mol. The van der Waals surface area contributed by atoms with Crippen LogP contribution in [0.15, 0.2) is 152 Å². The fourth-order valence-corrected chi connectivity index (χ4v) is 6.07. The van der Waals surface area contributed by atoms with Crippen LogP contribution in [0, 0.1) is 0 Å². The predicted molar refractivity (Wildman–Crippen MR) is 163 cm³/mol. The summed E-state index contributed by atoms with van der Waals surface area (Å²) in [4.78, 5) is 16.7. The third kappa shape index (κ3) is 3.67. The van der Waals surface area contributed by atoms with E-state index in [1.165, 1.54) is 0 Å². The van der Waals surface area contributed by atoms with E-state index in [0.717, 1.165) is 55.9 Å². The molecular weight excluding hydrogens is 488 g/mol. The lowest BCUT2D eigenvalue weighted by molar-refractivity contribution is 0.112. The second-order valence-corrected chi connectivity index (χ2v) is 9.99. The van der Waals surface area contributed by atoms with Gasteiger partial charge in [0.25, 0.3) is 0 Å². The Bertz CT molecular complexity index is 1860. The predicted octanol–water partition coefficient (Wildman–Crippen LogP) is 8.51. The van der Waals surface area contributed by atoms with Crippen LogP contribution in [0.4, 0.5) is 0 Å². The molecule has 0 unspecified atom stereocenters. The third-order valence-corrected chi connectivity index (χ3v) is 7.88. The van der Waals surface area contributed by atoms with Gasteiger partial charge in [-0.25, -0.2) is 4.98 Å². The topological polar surface area (TPSA) is 34.9 Å². The van der Waals surface area contributed by atoms with Crippen LogP contribution in [0.2, 0.25) is 0 Å². The first kappa shape index (κ1) is 23.8. The Balaban J connectivity index is 1.56. The molecule has 7 aromatic rings. The van der Waals surface area contributed by atoms with Gasteiger partial charge in [0.1, 0.15) is 5.54 Å². The smallest absolute Gasteiger partial charge is 0.150 e. The normalized spacial score (nSPS) is 11.6. The van der Waals surface area contributed by atoms with Gasteiger partial charge in [-0.15, -0.1) is 0 Å². The van der Waals surface area contributed by atoms with Crippen molar-refractivity contribution >= 4 is 28.1 Å². The minimum absolute atomic E-state index is 0.652. The highest BCUT2D eigenvalue weighted by atomic mass is 16.1. The van der Waals surface area contributed by atoms with Gasteiger partial charge in [0, 0.05) is 5.56 Å². The molecule has 7 rings (SSSR count). The maximum Gasteiger partial charge on any atom is 0.150 e. The van der Waals surface area contributed by atoms with E-state index in [0.29, 0.717) is 5.56 Å². The monoisotopic (exact) mass is 514 g/mol. The lowest BCUT2D eigenvalue weighted by atomic mass is 9.76. The molecule has 3 nitrogen and oxygen atoms in total. The summed E-state index contributed by atoms with van der Waals surface area (Å²) in [6, 6.07) is 50.4. The first-order valence-electron chi connectivity index (χ1n) is 13.4. The van der Waals surface area contributed by atoms with Gasteiger partial charge in [-0.1, -0.05) is 133 Å². The molecule has 0 aliphatic rings. The van der Waals surface area contributed by atoms with Gasteiger partial charge in [0.2, 0.25) is 0 Å². The minimum atomic E-state index is -0.652. The van der Waals surface area contributed by atoms with Crippen LogP contribution in [-0.4, -0.2) is 15.8 Å². The maximum absolute atomic E-state index is 11.8. The zero-order valence-electron chi connectivity index (χ0n) is 21.8. The Kier molecular flexibility index (Phi) is 5.83. The van der Waals surface area contributed by atoms with E-state index in [9.17, 15) is 4.79 Å². The second kappa shape index (κ2) is 9.79. The summed E-state index contributed by atoms with van der Waals surface area (Å²) in [5.41, 5.74) is 7.60. The molecule has 1 heterocycles. The summed E-state index contributed by atoms with van der Waals surface area (Å²) in [6.45, 7) is 0. The molecule has 1 aromatic heterocycles.